The molecule has 84 heavy (non-hydrogen) atoms. The zero-order valence-electron chi connectivity index (χ0n) is 48.3. The molecule has 4 amide bonds. The molecule has 0 radical (unpaired) electrons. The van der Waals surface area contributed by atoms with Crippen molar-refractivity contribution < 1.29 is 52.8 Å². The zero-order valence-corrected chi connectivity index (χ0v) is 48.3. The highest BCUT2D eigenvalue weighted by Crippen LogP contribution is 2.46. The van der Waals surface area contributed by atoms with E-state index in [9.17, 15) is 29.1 Å². The molecule has 0 atom stereocenters. The Morgan fingerprint density at radius 3 is 1.80 bits per heavy atom. The second-order valence-corrected chi connectivity index (χ2v) is 22.5. The van der Waals surface area contributed by atoms with Crippen LogP contribution in [-0.2, 0) is 46.4 Å². The zero-order chi connectivity index (χ0) is 58.9. The molecule has 1 aliphatic heterocycles. The highest BCUT2D eigenvalue weighted by atomic mass is 16.6. The Labute approximate surface area is 489 Å². The van der Waals surface area contributed by atoms with Gasteiger partial charge >= 0.3 is 18.2 Å². The summed E-state index contributed by atoms with van der Waals surface area (Å²) in [5.74, 6) is -1.51. The summed E-state index contributed by atoms with van der Waals surface area (Å²) in [4.78, 5) is 75.4. The largest absolute Gasteiger partial charge is 0.507 e. The van der Waals surface area contributed by atoms with Gasteiger partial charge < -0.3 is 48.5 Å². The molecule has 0 saturated carbocycles. The fourth-order valence-electron chi connectivity index (χ4n) is 11.6. The smallest absolute Gasteiger partial charge is 0.424 e. The number of hydrogen-bond acceptors (Lipinski definition) is 13. The first-order valence-corrected chi connectivity index (χ1v) is 28.8. The van der Waals surface area contributed by atoms with Crippen LogP contribution in [0.25, 0.3) is 33.3 Å². The van der Waals surface area contributed by atoms with E-state index in [1.54, 1.807) is 43.9 Å². The number of aryl methyl sites for hydroxylation is 1. The van der Waals surface area contributed by atoms with Crippen molar-refractivity contribution >= 4 is 46.7 Å². The lowest BCUT2D eigenvalue weighted by molar-refractivity contribution is -0.133. The van der Waals surface area contributed by atoms with Gasteiger partial charge in [0.25, 0.3) is 0 Å². The number of ether oxygens (including phenoxy) is 5. The molecule has 3 aliphatic rings. The molecule has 438 valence electrons. The van der Waals surface area contributed by atoms with E-state index in [0.717, 1.165) is 61.2 Å². The van der Waals surface area contributed by atoms with E-state index in [2.05, 4.69) is 53.8 Å². The summed E-state index contributed by atoms with van der Waals surface area (Å²) in [7, 11) is 3.53. The first-order valence-electron chi connectivity index (χ1n) is 28.8. The number of pyridine rings is 1. The summed E-state index contributed by atoms with van der Waals surface area (Å²) in [5.41, 5.74) is 10.3. The Bertz CT molecular complexity index is 3420. The Kier molecular flexibility index (Phi) is 18.4. The predicted molar refractivity (Wildman–Crippen MR) is 318 cm³/mol. The van der Waals surface area contributed by atoms with Crippen molar-refractivity contribution in [2.24, 2.45) is 0 Å². The summed E-state index contributed by atoms with van der Waals surface area (Å²) < 4.78 is 31.2. The van der Waals surface area contributed by atoms with Crippen molar-refractivity contribution in [3.63, 3.8) is 0 Å². The normalized spacial score (nSPS) is 14.0. The van der Waals surface area contributed by atoms with Gasteiger partial charge in [-0.05, 0) is 108 Å². The quantitative estimate of drug-likeness (QED) is 0.0282. The topological polar surface area (TPSA) is 195 Å². The number of aromatic nitrogens is 2. The third-order valence-electron chi connectivity index (χ3n) is 15.8. The number of hydrazine groups is 1. The van der Waals surface area contributed by atoms with E-state index in [4.69, 9.17) is 28.7 Å². The van der Waals surface area contributed by atoms with Gasteiger partial charge in [-0.1, -0.05) is 97.1 Å². The summed E-state index contributed by atoms with van der Waals surface area (Å²) in [6.45, 7) is 8.16. The van der Waals surface area contributed by atoms with Gasteiger partial charge in [0.05, 0.1) is 39.4 Å². The number of rotatable bonds is 22. The molecular weight excluding hydrogens is 1070 g/mol. The number of carbonyl (C=O) groups is 5. The average Bonchev–Trinajstić information content (AvgIpc) is 3.48. The van der Waals surface area contributed by atoms with Crippen LogP contribution < -0.4 is 5.32 Å². The van der Waals surface area contributed by atoms with Crippen molar-refractivity contribution in [3.05, 3.63) is 173 Å². The SMILES string of the molecule is CN(Cc1cc2cccnc2n1CCC(=O)N1CCC(N(CCOCCOCCC(=O)Nc2ccc(C(=O)OC(C)(C)C)c(O)c2)C(=O)OCC2c3ccccc3-c3ccccc32)CC1)N(C)C(=O)OCC1c2ccccc2-c2ccccc21. The molecule has 18 heteroatoms. The third-order valence-corrected chi connectivity index (χ3v) is 15.8. The van der Waals surface area contributed by atoms with Crippen LogP contribution in [-0.4, -0.2) is 149 Å². The monoisotopic (exact) mass is 1140 g/mol. The maximum Gasteiger partial charge on any atom is 0.424 e. The van der Waals surface area contributed by atoms with Crippen LogP contribution >= 0.6 is 0 Å². The number of nitrogens with zero attached hydrogens (tertiary/aromatic N) is 6. The molecule has 2 aliphatic carbocycles. The lowest BCUT2D eigenvalue weighted by Crippen LogP contribution is -2.50. The highest BCUT2D eigenvalue weighted by molar-refractivity contribution is 5.95. The van der Waals surface area contributed by atoms with Gasteiger partial charge in [0, 0.05) is 93.6 Å². The summed E-state index contributed by atoms with van der Waals surface area (Å²) in [5, 5.41) is 17.3. The molecule has 3 heterocycles. The molecule has 7 aromatic rings. The number of aromatic hydroxyl groups is 1. The molecular formula is C66H73N7O11. The van der Waals surface area contributed by atoms with Crippen LogP contribution in [0.3, 0.4) is 0 Å². The average molecular weight is 1140 g/mol. The molecule has 0 unspecified atom stereocenters. The van der Waals surface area contributed by atoms with Crippen molar-refractivity contribution in [2.75, 3.05) is 78.7 Å². The number of benzene rings is 5. The second kappa shape index (κ2) is 26.3. The van der Waals surface area contributed by atoms with Crippen molar-refractivity contribution in [3.8, 4) is 28.0 Å². The number of fused-ring (bicyclic) bond motifs is 7. The van der Waals surface area contributed by atoms with E-state index in [1.807, 2.05) is 83.2 Å². The van der Waals surface area contributed by atoms with Crippen LogP contribution in [0.2, 0.25) is 0 Å². The van der Waals surface area contributed by atoms with Crippen molar-refractivity contribution in [2.45, 2.75) is 83.0 Å². The molecule has 0 spiro atoms. The Balaban J connectivity index is 0.714. The van der Waals surface area contributed by atoms with Crippen LogP contribution in [0.5, 0.6) is 5.75 Å². The van der Waals surface area contributed by atoms with E-state index < -0.39 is 23.8 Å². The summed E-state index contributed by atoms with van der Waals surface area (Å²) >= 11 is 0. The van der Waals surface area contributed by atoms with E-state index in [1.165, 1.54) is 23.2 Å². The minimum atomic E-state index is -0.732. The number of nitrogens with one attached hydrogen (secondary N) is 1. The maximum atomic E-state index is 14.3. The molecule has 0 bridgehead atoms. The van der Waals surface area contributed by atoms with Gasteiger partial charge in [-0.25, -0.2) is 29.4 Å². The number of phenolic OH excluding ortho intramolecular Hbond substituents is 1. The van der Waals surface area contributed by atoms with E-state index in [-0.39, 0.29) is 100 Å². The van der Waals surface area contributed by atoms with Gasteiger partial charge in [-0.3, -0.25) is 9.59 Å². The van der Waals surface area contributed by atoms with Crippen LogP contribution in [0.4, 0.5) is 15.3 Å². The first-order chi connectivity index (χ1) is 40.6. The number of hydrogen-bond donors (Lipinski definition) is 2. The number of piperidine rings is 1. The molecule has 10 rings (SSSR count). The van der Waals surface area contributed by atoms with Gasteiger partial charge in [0.1, 0.15) is 35.8 Å². The number of amides is 4. The molecule has 2 aromatic heterocycles. The maximum absolute atomic E-state index is 14.3. The number of anilines is 1. The van der Waals surface area contributed by atoms with Crippen LogP contribution in [0.15, 0.2) is 140 Å². The lowest BCUT2D eigenvalue weighted by atomic mass is 9.98. The molecule has 1 saturated heterocycles. The summed E-state index contributed by atoms with van der Waals surface area (Å²) in [6, 6.07) is 42.8. The van der Waals surface area contributed by atoms with Crippen LogP contribution in [0, 0.1) is 0 Å². The molecule has 18 nitrogen and oxygen atoms in total. The minimum Gasteiger partial charge on any atom is -0.507 e. The number of likely N-dealkylation sites (tertiary alicyclic amines) is 1. The molecule has 1 fully saturated rings. The fourth-order valence-corrected chi connectivity index (χ4v) is 11.6. The molecule has 2 N–H and O–H groups in total. The fraction of sp³-hybridized carbons (Fsp3) is 0.364. The van der Waals surface area contributed by atoms with E-state index >= 15 is 0 Å². The second-order valence-electron chi connectivity index (χ2n) is 22.5. The third kappa shape index (κ3) is 13.6. The lowest BCUT2D eigenvalue weighted by Gasteiger charge is -2.38. The first kappa shape index (κ1) is 58.6. The highest BCUT2D eigenvalue weighted by Gasteiger charge is 2.35. The van der Waals surface area contributed by atoms with Gasteiger partial charge in [0.2, 0.25) is 11.8 Å². The number of carbonyl (C=O) groups excluding carboxylic acids is 5. The van der Waals surface area contributed by atoms with Gasteiger partial charge in [-0.15, -0.1) is 0 Å². The predicted octanol–water partition coefficient (Wildman–Crippen LogP) is 10.6. The van der Waals surface area contributed by atoms with Crippen molar-refractivity contribution in [1.82, 2.24) is 29.4 Å². The molecule has 5 aromatic carbocycles. The standard InChI is InChI=1S/C66H73N7O11/c1-66(2,3)84-63(77)56-25-24-45(40-59(56)74)68-60(75)29-35-80-37-38-81-36-34-73(65(79)83-43-58-54-22-12-8-18-50(54)51-19-9-13-23-55(51)58)46-26-31-71(32-27-46)61(76)28-33-72-47(39-44-15-14-30-67-62(44)72)41-69(4)70(5)64(78)82-42-57-52-20-10-6-16-48(52)49-17-7-11-21-53(49)57/h6-25,30,39-40,46,57-58,74H,26-29,31-38,41-43H2,1-5H3,(H,68,75). The van der Waals surface area contributed by atoms with Gasteiger partial charge in [-0.2, -0.15) is 0 Å². The van der Waals surface area contributed by atoms with Crippen molar-refractivity contribution in [1.29, 1.82) is 0 Å². The van der Waals surface area contributed by atoms with Gasteiger partial charge in [0.15, 0.2) is 0 Å². The number of phenols is 1. The van der Waals surface area contributed by atoms with Crippen LogP contribution in [0.1, 0.15) is 96.6 Å². The Morgan fingerprint density at radius 1 is 0.667 bits per heavy atom. The number of esters is 1. The minimum absolute atomic E-state index is 0.00492. The Hall–Kier alpha value is -8.58. The Morgan fingerprint density at radius 2 is 1.23 bits per heavy atom. The summed E-state index contributed by atoms with van der Waals surface area (Å²) in [6.07, 6.45) is 2.15. The van der Waals surface area contributed by atoms with E-state index in [0.29, 0.717) is 44.7 Å².